The molecule has 0 fully saturated rings. The summed E-state index contributed by atoms with van der Waals surface area (Å²) < 4.78 is 13.9. The highest BCUT2D eigenvalue weighted by atomic mass is 79.9. The number of hydrogen-bond donors (Lipinski definition) is 0. The normalized spacial score (nSPS) is 14.1. The standard InChI is InChI=1S/C15H18BrFO/c1-5-9(2)13-7-6-12(17)8-14(13)10(3)15(16)11(4)18/h6-9H,5H2,1-4H3/b15-10+. The fraction of sp³-hybridized carbons (Fsp3) is 0.400. The Balaban J connectivity index is 3.43. The molecule has 0 aliphatic carbocycles. The van der Waals surface area contributed by atoms with Crippen LogP contribution >= 0.6 is 15.9 Å². The Kier molecular flexibility index (Phi) is 5.27. The van der Waals surface area contributed by atoms with Crippen molar-refractivity contribution in [3.63, 3.8) is 0 Å². The van der Waals surface area contributed by atoms with Crippen LogP contribution in [0.5, 0.6) is 0 Å². The number of benzene rings is 1. The minimum atomic E-state index is -0.278. The van der Waals surface area contributed by atoms with E-state index in [0.717, 1.165) is 23.1 Å². The quantitative estimate of drug-likeness (QED) is 0.711. The number of allylic oxidation sites excluding steroid dienone is 2. The largest absolute Gasteiger partial charge is 0.294 e. The minimum Gasteiger partial charge on any atom is -0.294 e. The van der Waals surface area contributed by atoms with Gasteiger partial charge in [-0.2, -0.15) is 0 Å². The van der Waals surface area contributed by atoms with E-state index in [4.69, 9.17) is 0 Å². The maximum Gasteiger partial charge on any atom is 0.167 e. The van der Waals surface area contributed by atoms with Crippen LogP contribution in [-0.4, -0.2) is 5.78 Å². The first-order valence-electron chi connectivity index (χ1n) is 6.05. The van der Waals surface area contributed by atoms with Gasteiger partial charge in [0.1, 0.15) is 5.82 Å². The van der Waals surface area contributed by atoms with E-state index in [-0.39, 0.29) is 11.6 Å². The maximum absolute atomic E-state index is 13.4. The van der Waals surface area contributed by atoms with Gasteiger partial charge in [0, 0.05) is 0 Å². The molecule has 18 heavy (non-hydrogen) atoms. The predicted octanol–water partition coefficient (Wildman–Crippen LogP) is 5.05. The first-order valence-corrected chi connectivity index (χ1v) is 6.84. The Morgan fingerprint density at radius 3 is 2.50 bits per heavy atom. The number of rotatable bonds is 4. The molecule has 0 heterocycles. The van der Waals surface area contributed by atoms with Gasteiger partial charge in [-0.3, -0.25) is 4.79 Å². The molecule has 0 saturated carbocycles. The Hall–Kier alpha value is -0.960. The SMILES string of the molecule is CCC(C)c1ccc(F)cc1/C(C)=C(/Br)C(C)=O. The summed E-state index contributed by atoms with van der Waals surface area (Å²) in [6.07, 6.45) is 0.976. The highest BCUT2D eigenvalue weighted by molar-refractivity contribution is 9.12. The maximum atomic E-state index is 13.4. The van der Waals surface area contributed by atoms with Gasteiger partial charge in [0.05, 0.1) is 4.48 Å². The molecule has 0 N–H and O–H groups in total. The van der Waals surface area contributed by atoms with E-state index in [9.17, 15) is 9.18 Å². The highest BCUT2D eigenvalue weighted by Gasteiger charge is 2.14. The van der Waals surface area contributed by atoms with Crippen LogP contribution in [0.1, 0.15) is 51.2 Å². The first kappa shape index (κ1) is 15.1. The predicted molar refractivity (Wildman–Crippen MR) is 77.3 cm³/mol. The van der Waals surface area contributed by atoms with E-state index >= 15 is 0 Å². The second-order valence-corrected chi connectivity index (χ2v) is 5.33. The van der Waals surface area contributed by atoms with Crippen LogP contribution in [0, 0.1) is 5.82 Å². The summed E-state index contributed by atoms with van der Waals surface area (Å²) in [5, 5.41) is 0. The molecule has 0 aromatic heterocycles. The molecular formula is C15H18BrFO. The van der Waals surface area contributed by atoms with Crippen LogP contribution in [0.15, 0.2) is 22.7 Å². The van der Waals surface area contributed by atoms with Crippen molar-refractivity contribution in [3.8, 4) is 0 Å². The topological polar surface area (TPSA) is 17.1 Å². The van der Waals surface area contributed by atoms with Gasteiger partial charge in [-0.1, -0.05) is 19.9 Å². The van der Waals surface area contributed by atoms with E-state index in [0.29, 0.717) is 10.4 Å². The smallest absolute Gasteiger partial charge is 0.167 e. The lowest BCUT2D eigenvalue weighted by Crippen LogP contribution is -2.01. The summed E-state index contributed by atoms with van der Waals surface area (Å²) in [5.41, 5.74) is 2.68. The van der Waals surface area contributed by atoms with Crippen molar-refractivity contribution in [2.45, 2.75) is 40.0 Å². The minimum absolute atomic E-state index is 0.0492. The molecular weight excluding hydrogens is 295 g/mol. The average molecular weight is 313 g/mol. The Morgan fingerprint density at radius 2 is 2.00 bits per heavy atom. The monoisotopic (exact) mass is 312 g/mol. The van der Waals surface area contributed by atoms with Gasteiger partial charge in [-0.05, 0) is 70.9 Å². The molecule has 1 unspecified atom stereocenters. The Bertz CT molecular complexity index is 491. The lowest BCUT2D eigenvalue weighted by atomic mass is 9.90. The van der Waals surface area contributed by atoms with Gasteiger partial charge in [-0.15, -0.1) is 0 Å². The fourth-order valence-corrected chi connectivity index (χ4v) is 2.10. The zero-order valence-electron chi connectivity index (χ0n) is 11.2. The summed E-state index contributed by atoms with van der Waals surface area (Å²) in [4.78, 5) is 11.4. The van der Waals surface area contributed by atoms with Crippen LogP contribution in [0.2, 0.25) is 0 Å². The summed E-state index contributed by atoms with van der Waals surface area (Å²) >= 11 is 3.28. The van der Waals surface area contributed by atoms with Gasteiger partial charge in [0.15, 0.2) is 5.78 Å². The summed E-state index contributed by atoms with van der Waals surface area (Å²) in [7, 11) is 0. The van der Waals surface area contributed by atoms with E-state index in [1.807, 2.05) is 13.0 Å². The lowest BCUT2D eigenvalue weighted by Gasteiger charge is -2.16. The molecule has 0 aliphatic heterocycles. The third-order valence-corrected chi connectivity index (χ3v) is 4.35. The number of hydrogen-bond acceptors (Lipinski definition) is 1. The number of halogens is 2. The third-order valence-electron chi connectivity index (χ3n) is 3.20. The number of ketones is 1. The second kappa shape index (κ2) is 6.28. The number of carbonyl (C=O) groups is 1. The molecule has 1 nitrogen and oxygen atoms in total. The van der Waals surface area contributed by atoms with Crippen molar-refractivity contribution in [1.29, 1.82) is 0 Å². The Labute approximate surface area is 116 Å². The molecule has 0 aliphatic rings. The molecule has 0 saturated heterocycles. The van der Waals surface area contributed by atoms with Gasteiger partial charge < -0.3 is 0 Å². The van der Waals surface area contributed by atoms with E-state index < -0.39 is 0 Å². The Morgan fingerprint density at radius 1 is 1.39 bits per heavy atom. The van der Waals surface area contributed by atoms with Gasteiger partial charge in [0.2, 0.25) is 0 Å². The van der Waals surface area contributed by atoms with Crippen LogP contribution < -0.4 is 0 Å². The molecule has 3 heteroatoms. The van der Waals surface area contributed by atoms with Crippen LogP contribution in [-0.2, 0) is 4.79 Å². The van der Waals surface area contributed by atoms with Crippen molar-refractivity contribution >= 4 is 27.3 Å². The molecule has 0 radical (unpaired) electrons. The summed E-state index contributed by atoms with van der Waals surface area (Å²) in [6.45, 7) is 7.53. The fourth-order valence-electron chi connectivity index (χ4n) is 1.89. The van der Waals surface area contributed by atoms with Crippen molar-refractivity contribution in [2.24, 2.45) is 0 Å². The molecule has 1 aromatic carbocycles. The van der Waals surface area contributed by atoms with Crippen molar-refractivity contribution in [2.75, 3.05) is 0 Å². The molecule has 1 aromatic rings. The second-order valence-electron chi connectivity index (χ2n) is 4.54. The lowest BCUT2D eigenvalue weighted by molar-refractivity contribution is -0.112. The van der Waals surface area contributed by atoms with Gasteiger partial charge in [-0.25, -0.2) is 4.39 Å². The first-order chi connectivity index (χ1) is 8.38. The van der Waals surface area contributed by atoms with Crippen LogP contribution in [0.3, 0.4) is 0 Å². The van der Waals surface area contributed by atoms with Crippen molar-refractivity contribution in [3.05, 3.63) is 39.6 Å². The molecule has 0 spiro atoms. The van der Waals surface area contributed by atoms with E-state index in [1.165, 1.54) is 19.1 Å². The molecule has 98 valence electrons. The van der Waals surface area contributed by atoms with E-state index in [1.54, 1.807) is 0 Å². The molecule has 1 rings (SSSR count). The average Bonchev–Trinajstić information content (AvgIpc) is 2.35. The highest BCUT2D eigenvalue weighted by Crippen LogP contribution is 2.31. The van der Waals surface area contributed by atoms with Crippen LogP contribution in [0.25, 0.3) is 5.57 Å². The third kappa shape index (κ3) is 3.29. The molecule has 1 atom stereocenters. The van der Waals surface area contributed by atoms with Gasteiger partial charge in [0.25, 0.3) is 0 Å². The zero-order chi connectivity index (χ0) is 13.9. The molecule has 0 amide bonds. The number of carbonyl (C=O) groups excluding carboxylic acids is 1. The van der Waals surface area contributed by atoms with Crippen molar-refractivity contribution < 1.29 is 9.18 Å². The van der Waals surface area contributed by atoms with Gasteiger partial charge >= 0.3 is 0 Å². The molecule has 0 bridgehead atoms. The van der Waals surface area contributed by atoms with E-state index in [2.05, 4.69) is 29.8 Å². The summed E-state index contributed by atoms with van der Waals surface area (Å²) in [5.74, 6) is 0.00919. The van der Waals surface area contributed by atoms with Crippen molar-refractivity contribution in [1.82, 2.24) is 0 Å². The number of Topliss-reactive ketones (excluding diaryl/α,β-unsaturated/α-hetero) is 1. The summed E-state index contributed by atoms with van der Waals surface area (Å²) in [6, 6.07) is 4.78. The zero-order valence-corrected chi connectivity index (χ0v) is 12.8. The van der Waals surface area contributed by atoms with Crippen LogP contribution in [0.4, 0.5) is 4.39 Å².